The second-order valence-electron chi connectivity index (χ2n) is 5.10. The van der Waals surface area contributed by atoms with Crippen LogP contribution in [0.4, 0.5) is 5.69 Å². The molecule has 6 heteroatoms. The molecule has 0 heterocycles. The molecule has 0 atom stereocenters. The van der Waals surface area contributed by atoms with E-state index in [9.17, 15) is 13.0 Å². The Morgan fingerprint density at radius 3 is 2.43 bits per heavy atom. The highest BCUT2D eigenvalue weighted by molar-refractivity contribution is 7.85. The molecule has 1 N–H and O–H groups in total. The fourth-order valence-corrected chi connectivity index (χ4v) is 2.82. The molecular weight excluding hydrogens is 312 g/mol. The molecule has 0 fully saturated rings. The minimum atomic E-state index is -4.24. The van der Waals surface area contributed by atoms with Gasteiger partial charge >= 0.3 is 0 Å². The fraction of sp³-hybridized carbons (Fsp3) is 0.235. The summed E-state index contributed by atoms with van der Waals surface area (Å²) in [5.74, 6) is 0. The maximum Gasteiger partial charge on any atom is 0.294 e. The van der Waals surface area contributed by atoms with E-state index in [0.717, 1.165) is 6.42 Å². The Balaban J connectivity index is 2.19. The lowest BCUT2D eigenvalue weighted by atomic mass is 10.1. The van der Waals surface area contributed by atoms with Gasteiger partial charge in [0.1, 0.15) is 0 Å². The van der Waals surface area contributed by atoms with Crippen molar-refractivity contribution in [2.75, 3.05) is 18.0 Å². The van der Waals surface area contributed by atoms with Crippen LogP contribution >= 0.6 is 0 Å². The first-order chi connectivity index (χ1) is 11.0. The van der Waals surface area contributed by atoms with Crippen molar-refractivity contribution in [2.45, 2.75) is 17.7 Å². The van der Waals surface area contributed by atoms with E-state index < -0.39 is 10.1 Å². The van der Waals surface area contributed by atoms with Crippen LogP contribution in [0, 0.1) is 11.3 Å². The first-order valence-electron chi connectivity index (χ1n) is 7.24. The van der Waals surface area contributed by atoms with Crippen molar-refractivity contribution < 1.29 is 13.0 Å². The van der Waals surface area contributed by atoms with E-state index in [-0.39, 0.29) is 4.90 Å². The van der Waals surface area contributed by atoms with Crippen molar-refractivity contribution in [3.05, 3.63) is 60.2 Å². The number of anilines is 1. The zero-order valence-electron chi connectivity index (χ0n) is 12.6. The quantitative estimate of drug-likeness (QED) is 0.789. The standard InChI is InChI=1S/C17H18N2O3S/c18-11-5-12-19(13-10-15-6-2-1-3-7-15)16-8-4-9-17(14-16)23(20,21)22/h1-4,6-9,14H,5,10,12-13H2,(H,20,21,22). The van der Waals surface area contributed by atoms with Gasteiger partial charge in [0, 0.05) is 18.8 Å². The number of hydrogen-bond acceptors (Lipinski definition) is 4. The van der Waals surface area contributed by atoms with Gasteiger partial charge in [0.25, 0.3) is 10.1 Å². The van der Waals surface area contributed by atoms with Crippen LogP contribution in [-0.4, -0.2) is 26.1 Å². The molecular formula is C17H18N2O3S. The van der Waals surface area contributed by atoms with Gasteiger partial charge < -0.3 is 4.90 Å². The van der Waals surface area contributed by atoms with E-state index in [4.69, 9.17) is 5.26 Å². The van der Waals surface area contributed by atoms with Crippen LogP contribution in [0.2, 0.25) is 0 Å². The summed E-state index contributed by atoms with van der Waals surface area (Å²) in [6.07, 6.45) is 1.12. The first-order valence-corrected chi connectivity index (χ1v) is 8.68. The SMILES string of the molecule is N#CCCN(CCc1ccccc1)c1cccc(S(=O)(=O)O)c1. The van der Waals surface area contributed by atoms with Gasteiger partial charge in [-0.15, -0.1) is 0 Å². The van der Waals surface area contributed by atoms with Gasteiger partial charge in [0.15, 0.2) is 0 Å². The highest BCUT2D eigenvalue weighted by Crippen LogP contribution is 2.20. The van der Waals surface area contributed by atoms with E-state index in [1.165, 1.54) is 17.7 Å². The van der Waals surface area contributed by atoms with Gasteiger partial charge in [-0.05, 0) is 30.2 Å². The minimum Gasteiger partial charge on any atom is -0.370 e. The molecule has 0 radical (unpaired) electrons. The van der Waals surface area contributed by atoms with E-state index in [0.29, 0.717) is 25.2 Å². The molecule has 2 rings (SSSR count). The van der Waals surface area contributed by atoms with Crippen molar-refractivity contribution in [3.8, 4) is 6.07 Å². The van der Waals surface area contributed by atoms with E-state index >= 15 is 0 Å². The Morgan fingerprint density at radius 1 is 1.04 bits per heavy atom. The number of benzene rings is 2. The van der Waals surface area contributed by atoms with E-state index in [1.54, 1.807) is 12.1 Å². The van der Waals surface area contributed by atoms with Gasteiger partial charge in [-0.25, -0.2) is 0 Å². The zero-order chi connectivity index (χ0) is 16.7. The summed E-state index contributed by atoms with van der Waals surface area (Å²) in [5.41, 5.74) is 1.84. The molecule has 0 aliphatic rings. The molecule has 0 unspecified atom stereocenters. The third-order valence-electron chi connectivity index (χ3n) is 3.49. The smallest absolute Gasteiger partial charge is 0.294 e. The minimum absolute atomic E-state index is 0.142. The van der Waals surface area contributed by atoms with Crippen molar-refractivity contribution in [3.63, 3.8) is 0 Å². The molecule has 0 aliphatic carbocycles. The van der Waals surface area contributed by atoms with E-state index in [1.807, 2.05) is 35.2 Å². The maximum absolute atomic E-state index is 11.3. The van der Waals surface area contributed by atoms with Crippen LogP contribution in [0.15, 0.2) is 59.5 Å². The Labute approximate surface area is 136 Å². The topological polar surface area (TPSA) is 81.4 Å². The highest BCUT2D eigenvalue weighted by atomic mass is 32.2. The normalized spacial score (nSPS) is 11.0. The number of hydrogen-bond donors (Lipinski definition) is 1. The summed E-state index contributed by atoms with van der Waals surface area (Å²) in [7, 11) is -4.24. The lowest BCUT2D eigenvalue weighted by Gasteiger charge is -2.24. The van der Waals surface area contributed by atoms with Gasteiger partial charge in [-0.2, -0.15) is 13.7 Å². The van der Waals surface area contributed by atoms with E-state index in [2.05, 4.69) is 6.07 Å². The van der Waals surface area contributed by atoms with Gasteiger partial charge in [-0.1, -0.05) is 36.4 Å². The third-order valence-corrected chi connectivity index (χ3v) is 4.34. The summed E-state index contributed by atoms with van der Waals surface area (Å²) >= 11 is 0. The molecule has 0 aromatic heterocycles. The molecule has 0 aliphatic heterocycles. The summed E-state index contributed by atoms with van der Waals surface area (Å²) in [6, 6.07) is 18.2. The highest BCUT2D eigenvalue weighted by Gasteiger charge is 2.13. The lowest BCUT2D eigenvalue weighted by Crippen LogP contribution is -2.27. The average molecular weight is 330 g/mol. The fourth-order valence-electron chi connectivity index (χ4n) is 2.30. The van der Waals surface area contributed by atoms with Crippen LogP contribution in [-0.2, 0) is 16.5 Å². The van der Waals surface area contributed by atoms with Crippen LogP contribution < -0.4 is 4.90 Å². The van der Waals surface area contributed by atoms with Crippen LogP contribution in [0.3, 0.4) is 0 Å². The first kappa shape index (κ1) is 17.0. The van der Waals surface area contributed by atoms with Crippen LogP contribution in [0.25, 0.3) is 0 Å². The maximum atomic E-state index is 11.3. The van der Waals surface area contributed by atoms with Crippen LogP contribution in [0.1, 0.15) is 12.0 Å². The molecule has 0 saturated heterocycles. The third kappa shape index (κ3) is 5.09. The molecule has 0 bridgehead atoms. The van der Waals surface area contributed by atoms with Crippen molar-refractivity contribution in [2.24, 2.45) is 0 Å². The monoisotopic (exact) mass is 330 g/mol. The lowest BCUT2D eigenvalue weighted by molar-refractivity contribution is 0.483. The Morgan fingerprint density at radius 2 is 1.78 bits per heavy atom. The number of rotatable bonds is 7. The Bertz CT molecular complexity index is 783. The van der Waals surface area contributed by atoms with Crippen molar-refractivity contribution >= 4 is 15.8 Å². The summed E-state index contributed by atoms with van der Waals surface area (Å²) in [5, 5.41) is 8.82. The Hall–Kier alpha value is -2.36. The molecule has 5 nitrogen and oxygen atoms in total. The molecule has 0 saturated carbocycles. The number of nitriles is 1. The molecule has 2 aromatic rings. The molecule has 2 aromatic carbocycles. The van der Waals surface area contributed by atoms with Crippen LogP contribution in [0.5, 0.6) is 0 Å². The molecule has 120 valence electrons. The predicted molar refractivity (Wildman–Crippen MR) is 88.8 cm³/mol. The van der Waals surface area contributed by atoms with Crippen molar-refractivity contribution in [1.82, 2.24) is 0 Å². The van der Waals surface area contributed by atoms with Gasteiger partial charge in [0.2, 0.25) is 0 Å². The average Bonchev–Trinajstić information content (AvgIpc) is 2.55. The molecule has 0 spiro atoms. The Kier molecular flexibility index (Phi) is 5.74. The van der Waals surface area contributed by atoms with Crippen molar-refractivity contribution in [1.29, 1.82) is 5.26 Å². The zero-order valence-corrected chi connectivity index (χ0v) is 13.4. The number of nitrogens with zero attached hydrogens (tertiary/aromatic N) is 2. The largest absolute Gasteiger partial charge is 0.370 e. The second kappa shape index (κ2) is 7.77. The summed E-state index contributed by atoms with van der Waals surface area (Å²) in [6.45, 7) is 1.15. The molecule has 23 heavy (non-hydrogen) atoms. The summed E-state index contributed by atoms with van der Waals surface area (Å²) < 4.78 is 31.8. The second-order valence-corrected chi connectivity index (χ2v) is 6.52. The molecule has 0 amide bonds. The predicted octanol–water partition coefficient (Wildman–Crippen LogP) is 2.90. The summed E-state index contributed by atoms with van der Waals surface area (Å²) in [4.78, 5) is 1.81. The van der Waals surface area contributed by atoms with Gasteiger partial charge in [-0.3, -0.25) is 4.55 Å². The van der Waals surface area contributed by atoms with Gasteiger partial charge in [0.05, 0.1) is 17.4 Å².